The van der Waals surface area contributed by atoms with Crippen molar-refractivity contribution in [1.82, 2.24) is 4.98 Å². The van der Waals surface area contributed by atoms with Gasteiger partial charge in [0.2, 0.25) is 0 Å². The lowest BCUT2D eigenvalue weighted by Crippen LogP contribution is -2.08. The van der Waals surface area contributed by atoms with Gasteiger partial charge < -0.3 is 5.32 Å². The van der Waals surface area contributed by atoms with E-state index in [1.807, 2.05) is 6.07 Å². The van der Waals surface area contributed by atoms with Crippen molar-refractivity contribution in [3.8, 4) is 17.3 Å². The number of aromatic nitrogens is 1. The number of benzene rings is 2. The summed E-state index contributed by atoms with van der Waals surface area (Å²) in [5, 5.41) is 24.5. The first-order valence-electron chi connectivity index (χ1n) is 8.13. The molecule has 0 fully saturated rings. The Hall–Kier alpha value is -3.42. The second kappa shape index (κ2) is 8.52. The minimum Gasteiger partial charge on any atom is -0.360 e. The largest absolute Gasteiger partial charge is 0.418 e. The molecular formula is C19H10ClF3N4O2S. The molecule has 0 unspecified atom stereocenters. The van der Waals surface area contributed by atoms with Gasteiger partial charge in [-0.1, -0.05) is 11.6 Å². The number of nitriles is 1. The molecule has 0 saturated carbocycles. The molecule has 1 heterocycles. The molecule has 0 aliphatic carbocycles. The number of allylic oxidation sites excluding steroid dienone is 1. The number of nitrogens with one attached hydrogen (secondary N) is 1. The van der Waals surface area contributed by atoms with Gasteiger partial charge in [-0.25, -0.2) is 4.98 Å². The van der Waals surface area contributed by atoms with Gasteiger partial charge >= 0.3 is 6.18 Å². The zero-order valence-electron chi connectivity index (χ0n) is 14.8. The van der Waals surface area contributed by atoms with Crippen LogP contribution < -0.4 is 5.32 Å². The van der Waals surface area contributed by atoms with Crippen LogP contribution in [0.25, 0.3) is 16.8 Å². The summed E-state index contributed by atoms with van der Waals surface area (Å²) in [5.41, 5.74) is -0.185. The first-order chi connectivity index (χ1) is 14.2. The van der Waals surface area contributed by atoms with Gasteiger partial charge in [-0.3, -0.25) is 10.1 Å². The topological polar surface area (TPSA) is 91.8 Å². The van der Waals surface area contributed by atoms with Gasteiger partial charge in [0, 0.05) is 34.3 Å². The smallest absolute Gasteiger partial charge is 0.360 e. The Morgan fingerprint density at radius 3 is 2.57 bits per heavy atom. The molecule has 1 N–H and O–H groups in total. The summed E-state index contributed by atoms with van der Waals surface area (Å²) >= 11 is 6.77. The summed E-state index contributed by atoms with van der Waals surface area (Å²) in [5.74, 6) is 0. The van der Waals surface area contributed by atoms with Crippen molar-refractivity contribution in [3.63, 3.8) is 0 Å². The summed E-state index contributed by atoms with van der Waals surface area (Å²) in [6, 6.07) is 10.9. The van der Waals surface area contributed by atoms with E-state index in [0.717, 1.165) is 23.6 Å². The van der Waals surface area contributed by atoms with Crippen LogP contribution in [0.5, 0.6) is 0 Å². The first kappa shape index (κ1) is 21.3. The molecule has 2 aromatic carbocycles. The van der Waals surface area contributed by atoms with Gasteiger partial charge in [-0.05, 0) is 30.3 Å². The predicted molar refractivity (Wildman–Crippen MR) is 108 cm³/mol. The summed E-state index contributed by atoms with van der Waals surface area (Å²) in [6.45, 7) is 0. The molecule has 0 aliphatic heterocycles. The lowest BCUT2D eigenvalue weighted by molar-refractivity contribution is -0.384. The van der Waals surface area contributed by atoms with Crippen LogP contribution in [0.3, 0.4) is 0 Å². The molecule has 0 bridgehead atoms. The Morgan fingerprint density at radius 1 is 1.27 bits per heavy atom. The zero-order valence-corrected chi connectivity index (χ0v) is 16.3. The summed E-state index contributed by atoms with van der Waals surface area (Å²) in [6.07, 6.45) is -3.49. The third-order valence-corrected chi connectivity index (χ3v) is 5.00. The molecule has 1 aromatic heterocycles. The Morgan fingerprint density at radius 2 is 1.97 bits per heavy atom. The first-order valence-corrected chi connectivity index (χ1v) is 9.39. The molecule has 3 aromatic rings. The van der Waals surface area contributed by atoms with E-state index in [4.69, 9.17) is 11.6 Å². The Kier molecular flexibility index (Phi) is 6.05. The van der Waals surface area contributed by atoms with Crippen LogP contribution in [0, 0.1) is 21.4 Å². The van der Waals surface area contributed by atoms with E-state index in [9.17, 15) is 28.5 Å². The van der Waals surface area contributed by atoms with E-state index in [2.05, 4.69) is 10.3 Å². The number of nitro benzene ring substituents is 1. The second-order valence-corrected chi connectivity index (χ2v) is 7.14. The Balaban J connectivity index is 1.87. The summed E-state index contributed by atoms with van der Waals surface area (Å²) < 4.78 is 39.6. The number of hydrogen-bond acceptors (Lipinski definition) is 6. The molecule has 0 spiro atoms. The maximum atomic E-state index is 13.2. The van der Waals surface area contributed by atoms with Crippen molar-refractivity contribution in [2.75, 3.05) is 5.32 Å². The van der Waals surface area contributed by atoms with Gasteiger partial charge in [-0.2, -0.15) is 18.4 Å². The van der Waals surface area contributed by atoms with Gasteiger partial charge in [0.15, 0.2) is 0 Å². The minimum atomic E-state index is -4.63. The van der Waals surface area contributed by atoms with Crippen LogP contribution in [-0.4, -0.2) is 9.91 Å². The van der Waals surface area contributed by atoms with Crippen LogP contribution in [0.2, 0.25) is 5.02 Å². The third-order valence-electron chi connectivity index (χ3n) is 3.89. The van der Waals surface area contributed by atoms with Crippen LogP contribution in [0.4, 0.5) is 24.5 Å². The normalized spacial score (nSPS) is 11.8. The Labute approximate surface area is 177 Å². The SMILES string of the molecule is N#CC(=CNc1ccc(Cl)cc1C(F)(F)F)c1nc(-c2ccc([N+](=O)[O-])cc2)cs1. The fourth-order valence-corrected chi connectivity index (χ4v) is 3.42. The predicted octanol–water partition coefficient (Wildman–Crippen LogP) is 6.37. The molecule has 0 atom stereocenters. The molecule has 0 amide bonds. The second-order valence-electron chi connectivity index (χ2n) is 5.84. The highest BCUT2D eigenvalue weighted by Crippen LogP contribution is 2.37. The quantitative estimate of drug-likeness (QED) is 0.277. The van der Waals surface area contributed by atoms with Crippen LogP contribution >= 0.6 is 22.9 Å². The number of halogens is 4. The number of alkyl halides is 3. The standard InChI is InChI=1S/C19H10ClF3N4O2S/c20-13-3-6-16(15(7-13)19(21,22)23)25-9-12(8-24)18-26-17(10-30-18)11-1-4-14(5-2-11)27(28)29/h1-7,9-10,25H. The van der Waals surface area contributed by atoms with Gasteiger partial charge in [0.25, 0.3) is 5.69 Å². The highest BCUT2D eigenvalue weighted by atomic mass is 35.5. The summed E-state index contributed by atoms with van der Waals surface area (Å²) in [7, 11) is 0. The molecule has 0 saturated heterocycles. The fraction of sp³-hybridized carbons (Fsp3) is 0.0526. The van der Waals surface area contributed by atoms with E-state index in [1.165, 1.54) is 36.4 Å². The lowest BCUT2D eigenvalue weighted by atomic mass is 10.1. The molecule has 30 heavy (non-hydrogen) atoms. The molecule has 6 nitrogen and oxygen atoms in total. The van der Waals surface area contributed by atoms with Crippen LogP contribution in [-0.2, 0) is 6.18 Å². The van der Waals surface area contributed by atoms with Crippen molar-refractivity contribution in [2.45, 2.75) is 6.18 Å². The Bertz CT molecular complexity index is 1170. The molecule has 3 rings (SSSR count). The third kappa shape index (κ3) is 4.76. The van der Waals surface area contributed by atoms with Crippen molar-refractivity contribution in [3.05, 3.63) is 79.8 Å². The van der Waals surface area contributed by atoms with E-state index < -0.39 is 16.7 Å². The van der Waals surface area contributed by atoms with Gasteiger partial charge in [0.05, 0.1) is 21.9 Å². The fourth-order valence-electron chi connectivity index (χ4n) is 2.45. The van der Waals surface area contributed by atoms with Crippen molar-refractivity contribution in [2.24, 2.45) is 0 Å². The molecule has 0 radical (unpaired) electrons. The average Bonchev–Trinajstić information content (AvgIpc) is 3.18. The van der Waals surface area contributed by atoms with Crippen molar-refractivity contribution < 1.29 is 18.1 Å². The van der Waals surface area contributed by atoms with Crippen LogP contribution in [0.15, 0.2) is 54.0 Å². The monoisotopic (exact) mass is 450 g/mol. The number of thiazole rings is 1. The minimum absolute atomic E-state index is 0.0243. The highest BCUT2D eigenvalue weighted by Gasteiger charge is 2.33. The van der Waals surface area contributed by atoms with E-state index in [1.54, 1.807) is 5.38 Å². The number of non-ortho nitro benzene ring substituents is 1. The summed E-state index contributed by atoms with van der Waals surface area (Å²) in [4.78, 5) is 14.5. The highest BCUT2D eigenvalue weighted by molar-refractivity contribution is 7.11. The van der Waals surface area contributed by atoms with Gasteiger partial charge in [0.1, 0.15) is 16.6 Å². The zero-order chi connectivity index (χ0) is 21.9. The van der Waals surface area contributed by atoms with Gasteiger partial charge in [-0.15, -0.1) is 11.3 Å². The van der Waals surface area contributed by atoms with Crippen LogP contribution in [0.1, 0.15) is 10.6 Å². The maximum absolute atomic E-state index is 13.2. The lowest BCUT2D eigenvalue weighted by Gasteiger charge is -2.13. The van der Waals surface area contributed by atoms with E-state index in [-0.39, 0.29) is 27.0 Å². The number of rotatable bonds is 5. The number of nitrogens with zero attached hydrogens (tertiary/aromatic N) is 3. The van der Waals surface area contributed by atoms with E-state index >= 15 is 0 Å². The molecule has 152 valence electrons. The molecular weight excluding hydrogens is 441 g/mol. The molecule has 0 aliphatic rings. The number of nitro groups is 1. The molecule has 11 heteroatoms. The van der Waals surface area contributed by atoms with Crippen molar-refractivity contribution >= 4 is 39.9 Å². The van der Waals surface area contributed by atoms with E-state index in [0.29, 0.717) is 11.3 Å². The number of hydrogen-bond donors (Lipinski definition) is 1. The van der Waals surface area contributed by atoms with Crippen molar-refractivity contribution in [1.29, 1.82) is 5.26 Å². The number of anilines is 1. The maximum Gasteiger partial charge on any atom is 0.418 e. The average molecular weight is 451 g/mol.